The number of rotatable bonds is 9. The zero-order valence-corrected chi connectivity index (χ0v) is 18.3. The van der Waals surface area contributed by atoms with E-state index >= 15 is 0 Å². The number of aliphatic imine (C=N–C) groups is 1. The van der Waals surface area contributed by atoms with Crippen LogP contribution in [0.1, 0.15) is 45.0 Å². The molecule has 1 aromatic heterocycles. The molecule has 0 aliphatic heterocycles. The number of ether oxygens (including phenoxy) is 1. The van der Waals surface area contributed by atoms with Gasteiger partial charge in [-0.25, -0.2) is 4.79 Å². The van der Waals surface area contributed by atoms with Gasteiger partial charge in [0.15, 0.2) is 5.96 Å². The fraction of sp³-hybridized carbons (Fsp3) is 0.684. The highest BCUT2D eigenvalue weighted by Crippen LogP contribution is 2.23. The third kappa shape index (κ3) is 10.2. The highest BCUT2D eigenvalue weighted by atomic mass is 32.1. The number of nitrogens with one attached hydrogen (secondary N) is 3. The standard InChI is InChI=1S/C19H35N5O2S/c1-7-20-17(21-11-9-12-22-18(25)26-19(2,3)4)23-14-15(24(5)6)16-10-8-13-27-16/h8,10,13,15H,7,9,11-12,14H2,1-6H3,(H,22,25)(H2,20,21,23). The van der Waals surface area contributed by atoms with E-state index in [0.717, 1.165) is 18.9 Å². The van der Waals surface area contributed by atoms with Crippen molar-refractivity contribution in [3.8, 4) is 0 Å². The van der Waals surface area contributed by atoms with E-state index in [9.17, 15) is 4.79 Å². The highest BCUT2D eigenvalue weighted by Gasteiger charge is 2.16. The average molecular weight is 398 g/mol. The lowest BCUT2D eigenvalue weighted by Gasteiger charge is -2.22. The van der Waals surface area contributed by atoms with Gasteiger partial charge < -0.3 is 25.6 Å². The summed E-state index contributed by atoms with van der Waals surface area (Å²) >= 11 is 1.75. The van der Waals surface area contributed by atoms with Crippen LogP contribution in [0, 0.1) is 0 Å². The van der Waals surface area contributed by atoms with E-state index in [1.807, 2.05) is 27.7 Å². The Morgan fingerprint density at radius 3 is 2.52 bits per heavy atom. The van der Waals surface area contributed by atoms with E-state index < -0.39 is 5.60 Å². The summed E-state index contributed by atoms with van der Waals surface area (Å²) in [5.74, 6) is 0.790. The van der Waals surface area contributed by atoms with Crippen molar-refractivity contribution in [3.05, 3.63) is 22.4 Å². The Kier molecular flexibility index (Phi) is 10.2. The van der Waals surface area contributed by atoms with Gasteiger partial charge in [-0.3, -0.25) is 4.99 Å². The summed E-state index contributed by atoms with van der Waals surface area (Å²) in [6.07, 6.45) is 0.402. The molecule has 8 heteroatoms. The summed E-state index contributed by atoms with van der Waals surface area (Å²) in [7, 11) is 4.14. The summed E-state index contributed by atoms with van der Waals surface area (Å²) in [5, 5.41) is 11.4. The maximum absolute atomic E-state index is 11.6. The van der Waals surface area contributed by atoms with Crippen LogP contribution in [0.15, 0.2) is 22.5 Å². The number of hydrogen-bond donors (Lipinski definition) is 3. The third-order valence-electron chi connectivity index (χ3n) is 3.58. The molecular formula is C19H35N5O2S. The molecule has 0 fully saturated rings. The largest absolute Gasteiger partial charge is 0.444 e. The van der Waals surface area contributed by atoms with E-state index in [4.69, 9.17) is 9.73 Å². The van der Waals surface area contributed by atoms with E-state index in [1.165, 1.54) is 4.88 Å². The Morgan fingerprint density at radius 2 is 1.96 bits per heavy atom. The van der Waals surface area contributed by atoms with Crippen molar-refractivity contribution >= 4 is 23.4 Å². The predicted molar refractivity (Wildman–Crippen MR) is 114 cm³/mol. The molecule has 0 aromatic carbocycles. The smallest absolute Gasteiger partial charge is 0.407 e. The van der Waals surface area contributed by atoms with Crippen LogP contribution in [-0.2, 0) is 4.74 Å². The SMILES string of the molecule is CCNC(=NCC(c1cccs1)N(C)C)NCCCNC(=O)OC(C)(C)C. The molecule has 1 aromatic rings. The van der Waals surface area contributed by atoms with Gasteiger partial charge in [-0.1, -0.05) is 6.07 Å². The number of carbonyl (C=O) groups is 1. The fourth-order valence-electron chi connectivity index (χ4n) is 2.31. The number of carbonyl (C=O) groups excluding carboxylic acids is 1. The maximum atomic E-state index is 11.6. The number of hydrogen-bond acceptors (Lipinski definition) is 5. The van der Waals surface area contributed by atoms with E-state index in [0.29, 0.717) is 19.6 Å². The third-order valence-corrected chi connectivity index (χ3v) is 4.55. The minimum Gasteiger partial charge on any atom is -0.444 e. The molecule has 0 aliphatic rings. The van der Waals surface area contributed by atoms with Crippen molar-refractivity contribution in [3.63, 3.8) is 0 Å². The number of nitrogens with zero attached hydrogens (tertiary/aromatic N) is 2. The van der Waals surface area contributed by atoms with E-state index in [-0.39, 0.29) is 12.1 Å². The molecule has 0 saturated carbocycles. The van der Waals surface area contributed by atoms with Gasteiger partial charge in [0.1, 0.15) is 5.60 Å². The van der Waals surface area contributed by atoms with Crippen LogP contribution < -0.4 is 16.0 Å². The molecule has 1 heterocycles. The van der Waals surface area contributed by atoms with Gasteiger partial charge in [0, 0.05) is 24.5 Å². The molecular weight excluding hydrogens is 362 g/mol. The van der Waals surface area contributed by atoms with Crippen molar-refractivity contribution in [2.75, 3.05) is 40.3 Å². The van der Waals surface area contributed by atoms with Crippen molar-refractivity contribution in [1.82, 2.24) is 20.9 Å². The molecule has 0 saturated heterocycles. The number of likely N-dealkylation sites (N-methyl/N-ethyl adjacent to an activating group) is 1. The van der Waals surface area contributed by atoms with Crippen LogP contribution in [0.4, 0.5) is 4.79 Å². The Labute approximate surface area is 167 Å². The predicted octanol–water partition coefficient (Wildman–Crippen LogP) is 2.82. The molecule has 0 radical (unpaired) electrons. The molecule has 1 atom stereocenters. The van der Waals surface area contributed by atoms with E-state index in [1.54, 1.807) is 11.3 Å². The highest BCUT2D eigenvalue weighted by molar-refractivity contribution is 7.10. The van der Waals surface area contributed by atoms with Crippen LogP contribution >= 0.6 is 11.3 Å². The molecule has 0 spiro atoms. The van der Waals surface area contributed by atoms with Gasteiger partial charge >= 0.3 is 6.09 Å². The number of alkyl carbamates (subject to hydrolysis) is 1. The van der Waals surface area contributed by atoms with Crippen molar-refractivity contribution < 1.29 is 9.53 Å². The minimum absolute atomic E-state index is 0.259. The van der Waals surface area contributed by atoms with Gasteiger partial charge in [-0.05, 0) is 59.7 Å². The molecule has 1 unspecified atom stereocenters. The first-order valence-electron chi connectivity index (χ1n) is 9.41. The summed E-state index contributed by atoms with van der Waals surface area (Å²) in [6.45, 7) is 10.3. The fourth-order valence-corrected chi connectivity index (χ4v) is 3.22. The first-order chi connectivity index (χ1) is 12.7. The van der Waals surface area contributed by atoms with Crippen molar-refractivity contribution in [2.45, 2.75) is 45.8 Å². The molecule has 3 N–H and O–H groups in total. The molecule has 0 bridgehead atoms. The molecule has 1 rings (SSSR count). The molecule has 1 amide bonds. The molecule has 154 valence electrons. The van der Waals surface area contributed by atoms with E-state index in [2.05, 4.69) is 52.5 Å². The first kappa shape index (κ1) is 23.2. The zero-order valence-electron chi connectivity index (χ0n) is 17.5. The quantitative estimate of drug-likeness (QED) is 0.339. The second-order valence-electron chi connectivity index (χ2n) is 7.42. The minimum atomic E-state index is -0.473. The Morgan fingerprint density at radius 1 is 1.26 bits per heavy atom. The average Bonchev–Trinajstić information content (AvgIpc) is 3.06. The lowest BCUT2D eigenvalue weighted by Crippen LogP contribution is -2.40. The van der Waals surface area contributed by atoms with Gasteiger partial charge in [0.2, 0.25) is 0 Å². The number of thiophene rings is 1. The van der Waals surface area contributed by atoms with Crippen LogP contribution in [0.25, 0.3) is 0 Å². The Balaban J connectivity index is 2.42. The molecule has 0 aliphatic carbocycles. The number of guanidine groups is 1. The summed E-state index contributed by atoms with van der Waals surface area (Å²) in [4.78, 5) is 19.8. The number of amides is 1. The van der Waals surface area contributed by atoms with Crippen molar-refractivity contribution in [1.29, 1.82) is 0 Å². The van der Waals surface area contributed by atoms with Crippen LogP contribution in [-0.4, -0.2) is 62.8 Å². The normalized spacial score (nSPS) is 13.4. The summed E-state index contributed by atoms with van der Waals surface area (Å²) in [5.41, 5.74) is -0.473. The second-order valence-corrected chi connectivity index (χ2v) is 8.40. The lowest BCUT2D eigenvalue weighted by atomic mass is 10.2. The van der Waals surface area contributed by atoms with Crippen LogP contribution in [0.3, 0.4) is 0 Å². The van der Waals surface area contributed by atoms with Gasteiger partial charge in [0.05, 0.1) is 12.6 Å². The van der Waals surface area contributed by atoms with Crippen molar-refractivity contribution in [2.24, 2.45) is 4.99 Å². The maximum Gasteiger partial charge on any atom is 0.407 e. The Bertz CT molecular complexity index is 567. The molecule has 27 heavy (non-hydrogen) atoms. The Hall–Kier alpha value is -1.80. The zero-order chi connectivity index (χ0) is 20.3. The monoisotopic (exact) mass is 397 g/mol. The van der Waals surface area contributed by atoms with Gasteiger partial charge in [-0.2, -0.15) is 0 Å². The lowest BCUT2D eigenvalue weighted by molar-refractivity contribution is 0.0527. The summed E-state index contributed by atoms with van der Waals surface area (Å²) < 4.78 is 5.22. The van der Waals surface area contributed by atoms with Crippen LogP contribution in [0.5, 0.6) is 0 Å². The topological polar surface area (TPSA) is 78.0 Å². The molecule has 7 nitrogen and oxygen atoms in total. The first-order valence-corrected chi connectivity index (χ1v) is 10.3. The second kappa shape index (κ2) is 11.8. The van der Waals surface area contributed by atoms with Gasteiger partial charge in [-0.15, -0.1) is 11.3 Å². The van der Waals surface area contributed by atoms with Gasteiger partial charge in [0.25, 0.3) is 0 Å². The van der Waals surface area contributed by atoms with Crippen LogP contribution in [0.2, 0.25) is 0 Å². The summed E-state index contributed by atoms with van der Waals surface area (Å²) in [6, 6.07) is 4.48.